The SMILES string of the molecule is CCCCC[C@@H](CC(=O)OC(C)(C)C)C(=O)N[C@H](C(=O)N1CCC[C@H]1COCc1ccccc1)C(C)C. The van der Waals surface area contributed by atoms with Crippen LogP contribution in [0.3, 0.4) is 0 Å². The monoisotopic (exact) mass is 516 g/mol. The van der Waals surface area contributed by atoms with E-state index in [4.69, 9.17) is 9.47 Å². The van der Waals surface area contributed by atoms with Crippen molar-refractivity contribution in [3.05, 3.63) is 35.9 Å². The van der Waals surface area contributed by atoms with Crippen LogP contribution in [0, 0.1) is 11.8 Å². The second kappa shape index (κ2) is 15.1. The van der Waals surface area contributed by atoms with Gasteiger partial charge in [0, 0.05) is 12.5 Å². The van der Waals surface area contributed by atoms with Gasteiger partial charge in [-0.15, -0.1) is 0 Å². The van der Waals surface area contributed by atoms with Crippen molar-refractivity contribution >= 4 is 17.8 Å². The number of hydrogen-bond acceptors (Lipinski definition) is 5. The third-order valence-electron chi connectivity index (χ3n) is 6.67. The van der Waals surface area contributed by atoms with Gasteiger partial charge in [0.25, 0.3) is 0 Å². The predicted molar refractivity (Wildman–Crippen MR) is 146 cm³/mol. The van der Waals surface area contributed by atoms with Crippen molar-refractivity contribution in [1.29, 1.82) is 0 Å². The summed E-state index contributed by atoms with van der Waals surface area (Å²) in [5, 5.41) is 3.01. The van der Waals surface area contributed by atoms with Gasteiger partial charge in [0.1, 0.15) is 11.6 Å². The first-order valence-electron chi connectivity index (χ1n) is 14.0. The molecule has 1 heterocycles. The van der Waals surface area contributed by atoms with E-state index >= 15 is 0 Å². The van der Waals surface area contributed by atoms with E-state index in [0.717, 1.165) is 37.7 Å². The average Bonchev–Trinajstić information content (AvgIpc) is 3.29. The van der Waals surface area contributed by atoms with Crippen LogP contribution in [0.2, 0.25) is 0 Å². The molecule has 1 aromatic carbocycles. The maximum Gasteiger partial charge on any atom is 0.307 e. The number of esters is 1. The molecule has 7 nitrogen and oxygen atoms in total. The number of ether oxygens (including phenoxy) is 2. The molecule has 0 unspecified atom stereocenters. The molecule has 7 heteroatoms. The first-order valence-corrected chi connectivity index (χ1v) is 14.0. The molecule has 0 aliphatic carbocycles. The Hall–Kier alpha value is -2.41. The van der Waals surface area contributed by atoms with Gasteiger partial charge >= 0.3 is 5.97 Å². The largest absolute Gasteiger partial charge is 0.460 e. The zero-order chi connectivity index (χ0) is 27.4. The van der Waals surface area contributed by atoms with Crippen molar-refractivity contribution in [2.45, 2.75) is 111 Å². The minimum Gasteiger partial charge on any atom is -0.460 e. The van der Waals surface area contributed by atoms with Gasteiger partial charge in [-0.25, -0.2) is 0 Å². The highest BCUT2D eigenvalue weighted by molar-refractivity contribution is 5.90. The molecule has 1 aliphatic heterocycles. The molecule has 208 valence electrons. The summed E-state index contributed by atoms with van der Waals surface area (Å²) >= 11 is 0. The fourth-order valence-corrected chi connectivity index (χ4v) is 4.70. The van der Waals surface area contributed by atoms with E-state index in [1.54, 1.807) is 0 Å². The van der Waals surface area contributed by atoms with Gasteiger partial charge in [-0.2, -0.15) is 0 Å². The van der Waals surface area contributed by atoms with E-state index < -0.39 is 17.6 Å². The molecular weight excluding hydrogens is 468 g/mol. The van der Waals surface area contributed by atoms with Crippen LogP contribution in [0.5, 0.6) is 0 Å². The number of rotatable bonds is 14. The molecule has 1 N–H and O–H groups in total. The number of nitrogens with zero attached hydrogens (tertiary/aromatic N) is 1. The third-order valence-corrected chi connectivity index (χ3v) is 6.67. The molecule has 0 saturated carbocycles. The van der Waals surface area contributed by atoms with Crippen LogP contribution in [0.25, 0.3) is 0 Å². The molecule has 0 bridgehead atoms. The summed E-state index contributed by atoms with van der Waals surface area (Å²) in [5.41, 5.74) is 0.496. The molecule has 0 radical (unpaired) electrons. The molecular formula is C30H48N2O5. The summed E-state index contributed by atoms with van der Waals surface area (Å²) in [7, 11) is 0. The lowest BCUT2D eigenvalue weighted by Gasteiger charge is -2.32. The summed E-state index contributed by atoms with van der Waals surface area (Å²) in [6.07, 6.45) is 5.28. The molecule has 2 rings (SSSR count). The number of amides is 2. The minimum absolute atomic E-state index is 0.00326. The maximum absolute atomic E-state index is 13.6. The number of hydrogen-bond donors (Lipinski definition) is 1. The first-order chi connectivity index (χ1) is 17.5. The molecule has 1 aromatic rings. The second-order valence-electron chi connectivity index (χ2n) is 11.5. The van der Waals surface area contributed by atoms with E-state index in [-0.39, 0.29) is 36.2 Å². The summed E-state index contributed by atoms with van der Waals surface area (Å²) in [5.74, 6) is -1.30. The number of benzene rings is 1. The van der Waals surface area contributed by atoms with Gasteiger partial charge in [0.2, 0.25) is 11.8 Å². The van der Waals surface area contributed by atoms with Crippen molar-refractivity contribution in [3.8, 4) is 0 Å². The van der Waals surface area contributed by atoms with Gasteiger partial charge in [-0.1, -0.05) is 70.4 Å². The van der Waals surface area contributed by atoms with Crippen molar-refractivity contribution in [2.24, 2.45) is 11.8 Å². The summed E-state index contributed by atoms with van der Waals surface area (Å²) in [6, 6.07) is 9.34. The Kier molecular flexibility index (Phi) is 12.6. The van der Waals surface area contributed by atoms with Crippen molar-refractivity contribution in [2.75, 3.05) is 13.2 Å². The van der Waals surface area contributed by atoms with E-state index in [1.165, 1.54) is 0 Å². The maximum atomic E-state index is 13.6. The number of nitrogens with one attached hydrogen (secondary N) is 1. The van der Waals surface area contributed by atoms with Crippen molar-refractivity contribution in [1.82, 2.24) is 10.2 Å². The molecule has 1 saturated heterocycles. The Morgan fingerprint density at radius 3 is 2.43 bits per heavy atom. The van der Waals surface area contributed by atoms with Gasteiger partial charge in [-0.3, -0.25) is 14.4 Å². The van der Waals surface area contributed by atoms with Gasteiger partial charge in [0.05, 0.1) is 25.7 Å². The van der Waals surface area contributed by atoms with Crippen LogP contribution >= 0.6 is 0 Å². The normalized spacial score (nSPS) is 17.5. The quantitative estimate of drug-likeness (QED) is 0.269. The van der Waals surface area contributed by atoms with Gasteiger partial charge < -0.3 is 19.7 Å². The first kappa shape index (κ1) is 30.8. The van der Waals surface area contributed by atoms with Crippen molar-refractivity contribution < 1.29 is 23.9 Å². The summed E-state index contributed by atoms with van der Waals surface area (Å²) in [4.78, 5) is 41.4. The third kappa shape index (κ3) is 10.8. The van der Waals surface area contributed by atoms with Crippen molar-refractivity contribution in [3.63, 3.8) is 0 Å². The standard InChI is InChI=1S/C30H48N2O5/c1-7-8-10-16-24(19-26(33)37-30(4,5)6)28(34)31-27(22(2)3)29(35)32-18-13-17-25(32)21-36-20-23-14-11-9-12-15-23/h9,11-12,14-15,22,24-25,27H,7-8,10,13,16-21H2,1-6H3,(H,31,34)/t24-,25-,27-/m0/s1. The molecule has 2 amide bonds. The highest BCUT2D eigenvalue weighted by Gasteiger charge is 2.36. The molecule has 0 aromatic heterocycles. The minimum atomic E-state index is -0.644. The second-order valence-corrected chi connectivity index (χ2v) is 11.5. The van der Waals surface area contributed by atoms with Crippen LogP contribution in [0.1, 0.15) is 92.1 Å². The molecule has 37 heavy (non-hydrogen) atoms. The van der Waals surface area contributed by atoms with Crippen LogP contribution in [-0.4, -0.2) is 53.5 Å². The lowest BCUT2D eigenvalue weighted by atomic mass is 9.94. The van der Waals surface area contributed by atoms with Crippen LogP contribution < -0.4 is 5.32 Å². The fourth-order valence-electron chi connectivity index (χ4n) is 4.70. The lowest BCUT2D eigenvalue weighted by molar-refractivity contribution is -0.157. The highest BCUT2D eigenvalue weighted by Crippen LogP contribution is 2.23. The zero-order valence-corrected chi connectivity index (χ0v) is 23.8. The Bertz CT molecular complexity index is 849. The van der Waals surface area contributed by atoms with Crippen LogP contribution in [0.4, 0.5) is 0 Å². The predicted octanol–water partition coefficient (Wildman–Crippen LogP) is 5.26. The molecule has 1 aliphatic rings. The van der Waals surface area contributed by atoms with Gasteiger partial charge in [-0.05, 0) is 51.5 Å². The van der Waals surface area contributed by atoms with E-state index in [1.807, 2.05) is 69.9 Å². The summed E-state index contributed by atoms with van der Waals surface area (Å²) in [6.45, 7) is 13.1. The Labute approximate surface area is 223 Å². The summed E-state index contributed by atoms with van der Waals surface area (Å²) < 4.78 is 11.4. The highest BCUT2D eigenvalue weighted by atomic mass is 16.6. The Morgan fingerprint density at radius 1 is 1.11 bits per heavy atom. The Balaban J connectivity index is 2.02. The number of likely N-dealkylation sites (tertiary alicyclic amines) is 1. The van der Waals surface area contributed by atoms with E-state index in [9.17, 15) is 14.4 Å². The van der Waals surface area contributed by atoms with Crippen LogP contribution in [0.15, 0.2) is 30.3 Å². The Morgan fingerprint density at radius 2 is 1.81 bits per heavy atom. The smallest absolute Gasteiger partial charge is 0.307 e. The van der Waals surface area contributed by atoms with E-state index in [0.29, 0.717) is 26.2 Å². The number of carbonyl (C=O) groups is 3. The average molecular weight is 517 g/mol. The topological polar surface area (TPSA) is 84.9 Å². The van der Waals surface area contributed by atoms with E-state index in [2.05, 4.69) is 12.2 Å². The zero-order valence-electron chi connectivity index (χ0n) is 23.8. The fraction of sp³-hybridized carbons (Fsp3) is 0.700. The molecule has 0 spiro atoms. The lowest BCUT2D eigenvalue weighted by Crippen LogP contribution is -2.54. The number of carbonyl (C=O) groups excluding carboxylic acids is 3. The van der Waals surface area contributed by atoms with Crippen LogP contribution in [-0.2, 0) is 30.5 Å². The molecule has 1 fully saturated rings. The van der Waals surface area contributed by atoms with Gasteiger partial charge in [0.15, 0.2) is 0 Å². The molecule has 3 atom stereocenters. The number of unbranched alkanes of at least 4 members (excludes halogenated alkanes) is 2.